The molecule has 0 amide bonds. The summed E-state index contributed by atoms with van der Waals surface area (Å²) in [5.74, 6) is 1.86. The van der Waals surface area contributed by atoms with Crippen LogP contribution in [0.4, 0.5) is 0 Å². The summed E-state index contributed by atoms with van der Waals surface area (Å²) in [6.45, 7) is 22.0. The van der Waals surface area contributed by atoms with Gasteiger partial charge in [-0.15, -0.1) is 0 Å². The molecule has 2 aliphatic heterocycles. The van der Waals surface area contributed by atoms with Gasteiger partial charge in [0, 0.05) is 32.8 Å². The maximum atomic E-state index is 6.72. The monoisotopic (exact) mass is 880 g/mol. The molecule has 0 aromatic heterocycles. The van der Waals surface area contributed by atoms with Crippen LogP contribution in [0.3, 0.4) is 0 Å². The molecule has 2 aliphatic rings. The van der Waals surface area contributed by atoms with Gasteiger partial charge in [-0.1, -0.05) is 208 Å². The topological polar surface area (TPSA) is 55.4 Å². The van der Waals surface area contributed by atoms with Crippen molar-refractivity contribution in [1.29, 1.82) is 0 Å². The highest BCUT2D eigenvalue weighted by molar-refractivity contribution is 7.42. The minimum Gasteiger partial charge on any atom is -0.426 e. The molecule has 0 N–H and O–H groups in total. The standard InChI is InChI=1S/C55H62O6P2/c1-40(2)54(9,44-28-20-13-21-29-44)46-31-33-50(48(35-46)53(7,8)43-26-18-12-19-27-43)61-63-58-38-55(39-59-63)36-56-62(57-37-55)60-49-32-30-45(51(3,4)41-22-14-10-15-23-41)34-47(49)52(5,6)42-24-16-11-17-25-42/h10-35,40H,36-39H2,1-9H3. The third kappa shape index (κ3) is 9.14. The van der Waals surface area contributed by atoms with Gasteiger partial charge in [0.1, 0.15) is 11.5 Å². The molecular formula is C55H62O6P2. The first-order chi connectivity index (χ1) is 30.1. The van der Waals surface area contributed by atoms with E-state index < -0.39 is 22.6 Å². The summed E-state index contributed by atoms with van der Waals surface area (Å²) >= 11 is 0. The summed E-state index contributed by atoms with van der Waals surface area (Å²) in [5, 5.41) is 0. The third-order valence-corrected chi connectivity index (χ3v) is 15.9. The smallest absolute Gasteiger partial charge is 0.397 e. The lowest BCUT2D eigenvalue weighted by Gasteiger charge is -2.42. The molecule has 0 bridgehead atoms. The quantitative estimate of drug-likeness (QED) is 0.108. The van der Waals surface area contributed by atoms with Crippen molar-refractivity contribution in [3.05, 3.63) is 202 Å². The molecule has 2 saturated heterocycles. The molecule has 6 aromatic rings. The van der Waals surface area contributed by atoms with Gasteiger partial charge in [0.15, 0.2) is 0 Å². The van der Waals surface area contributed by atoms with Crippen LogP contribution >= 0.6 is 17.2 Å². The van der Waals surface area contributed by atoms with E-state index in [0.717, 1.165) is 22.6 Å². The van der Waals surface area contributed by atoms with Gasteiger partial charge in [0.25, 0.3) is 0 Å². The van der Waals surface area contributed by atoms with Gasteiger partial charge in [-0.2, -0.15) is 0 Å². The minimum absolute atomic E-state index is 0.219. The van der Waals surface area contributed by atoms with E-state index in [-0.39, 0.29) is 21.7 Å². The van der Waals surface area contributed by atoms with Gasteiger partial charge in [-0.25, -0.2) is 0 Å². The maximum Gasteiger partial charge on any atom is 0.397 e. The van der Waals surface area contributed by atoms with Crippen LogP contribution in [0.25, 0.3) is 0 Å². The molecule has 1 unspecified atom stereocenters. The van der Waals surface area contributed by atoms with Crippen LogP contribution in [0.15, 0.2) is 158 Å². The van der Waals surface area contributed by atoms with E-state index in [1.54, 1.807) is 0 Å². The van der Waals surface area contributed by atoms with E-state index in [1.807, 2.05) is 0 Å². The Bertz CT molecular complexity index is 2440. The lowest BCUT2D eigenvalue weighted by atomic mass is 9.67. The van der Waals surface area contributed by atoms with E-state index in [1.165, 1.54) is 33.4 Å². The number of hydrogen-bond acceptors (Lipinski definition) is 6. The van der Waals surface area contributed by atoms with Crippen molar-refractivity contribution < 1.29 is 27.1 Å². The van der Waals surface area contributed by atoms with Gasteiger partial charge in [0.2, 0.25) is 0 Å². The Balaban J connectivity index is 0.984. The van der Waals surface area contributed by atoms with Crippen LogP contribution in [0.5, 0.6) is 11.5 Å². The SMILES string of the molecule is CC(C)C(C)(c1ccccc1)c1ccc(OP2OCC3(COP(Oc4ccc(C(C)(C)c5ccccc5)cc4C(C)(C)c4ccccc4)OC3)CO2)c(C(C)(C)c2ccccc2)c1. The first kappa shape index (κ1) is 45.2. The van der Waals surface area contributed by atoms with Crippen LogP contribution in [-0.4, -0.2) is 26.4 Å². The van der Waals surface area contributed by atoms with Gasteiger partial charge in [-0.3, -0.25) is 0 Å². The van der Waals surface area contributed by atoms with Gasteiger partial charge >= 0.3 is 17.2 Å². The van der Waals surface area contributed by atoms with Gasteiger partial charge in [0.05, 0.1) is 31.8 Å². The Labute approximate surface area is 378 Å². The molecule has 328 valence electrons. The molecule has 8 heteroatoms. The molecule has 63 heavy (non-hydrogen) atoms. The molecule has 2 fully saturated rings. The molecule has 1 atom stereocenters. The predicted octanol–water partition coefficient (Wildman–Crippen LogP) is 14.6. The van der Waals surface area contributed by atoms with Crippen LogP contribution in [0.2, 0.25) is 0 Å². The first-order valence-electron chi connectivity index (χ1n) is 22.1. The Morgan fingerprint density at radius 2 is 0.746 bits per heavy atom. The van der Waals surface area contributed by atoms with Crippen molar-refractivity contribution in [2.45, 2.75) is 84.0 Å². The fraction of sp³-hybridized carbons (Fsp3) is 0.345. The molecule has 2 heterocycles. The van der Waals surface area contributed by atoms with Crippen molar-refractivity contribution in [2.75, 3.05) is 26.4 Å². The molecule has 0 aliphatic carbocycles. The number of benzene rings is 6. The van der Waals surface area contributed by atoms with E-state index in [9.17, 15) is 0 Å². The predicted molar refractivity (Wildman–Crippen MR) is 258 cm³/mol. The minimum atomic E-state index is -1.68. The number of hydrogen-bond donors (Lipinski definition) is 0. The van der Waals surface area contributed by atoms with E-state index >= 15 is 0 Å². The van der Waals surface area contributed by atoms with Gasteiger partial charge < -0.3 is 27.1 Å². The molecular weight excluding hydrogens is 819 g/mol. The summed E-state index contributed by atoms with van der Waals surface area (Å²) in [5.41, 5.74) is 7.90. The Morgan fingerprint density at radius 1 is 0.413 bits per heavy atom. The summed E-state index contributed by atoms with van der Waals surface area (Å²) < 4.78 is 39.1. The summed E-state index contributed by atoms with van der Waals surface area (Å²) in [7, 11) is -3.36. The average molecular weight is 881 g/mol. The van der Waals surface area contributed by atoms with Crippen LogP contribution in [0.1, 0.15) is 107 Å². The summed E-state index contributed by atoms with van der Waals surface area (Å²) in [6.07, 6.45) is 0. The molecule has 6 nitrogen and oxygen atoms in total. The summed E-state index contributed by atoms with van der Waals surface area (Å²) in [6, 6.07) is 55.9. The van der Waals surface area contributed by atoms with Crippen LogP contribution in [0, 0.1) is 11.3 Å². The molecule has 1 spiro atoms. The fourth-order valence-corrected chi connectivity index (χ4v) is 11.4. The Kier molecular flexibility index (Phi) is 13.1. The molecule has 6 aromatic carbocycles. The highest BCUT2D eigenvalue weighted by Gasteiger charge is 2.46. The number of rotatable bonds is 13. The highest BCUT2D eigenvalue weighted by atomic mass is 31.2. The maximum absolute atomic E-state index is 6.72. The summed E-state index contributed by atoms with van der Waals surface area (Å²) in [4.78, 5) is 0. The zero-order valence-electron chi connectivity index (χ0n) is 38.3. The van der Waals surface area contributed by atoms with Crippen LogP contribution in [-0.2, 0) is 39.8 Å². The van der Waals surface area contributed by atoms with Crippen molar-refractivity contribution in [2.24, 2.45) is 11.3 Å². The highest BCUT2D eigenvalue weighted by Crippen LogP contribution is 2.56. The zero-order valence-corrected chi connectivity index (χ0v) is 40.0. The fourth-order valence-electron chi connectivity index (χ4n) is 8.92. The van der Waals surface area contributed by atoms with Gasteiger partial charge in [-0.05, 0) is 51.4 Å². The zero-order chi connectivity index (χ0) is 44.5. The second kappa shape index (κ2) is 18.2. The van der Waals surface area contributed by atoms with Crippen molar-refractivity contribution in [3.8, 4) is 11.5 Å². The lowest BCUT2D eigenvalue weighted by molar-refractivity contribution is -0.0673. The molecule has 0 radical (unpaired) electrons. The lowest BCUT2D eigenvalue weighted by Crippen LogP contribution is -2.45. The largest absolute Gasteiger partial charge is 0.426 e. The van der Waals surface area contributed by atoms with Crippen molar-refractivity contribution >= 4 is 17.2 Å². The van der Waals surface area contributed by atoms with Crippen molar-refractivity contribution in [1.82, 2.24) is 0 Å². The normalized spacial score (nSPS) is 20.6. The Morgan fingerprint density at radius 3 is 1.13 bits per heavy atom. The molecule has 8 rings (SSSR count). The van der Waals surface area contributed by atoms with Crippen LogP contribution < -0.4 is 9.05 Å². The molecule has 0 saturated carbocycles. The second-order valence-electron chi connectivity index (χ2n) is 19.3. The first-order valence-corrected chi connectivity index (χ1v) is 24.3. The Hall–Kier alpha value is -4.38. The third-order valence-electron chi connectivity index (χ3n) is 13.9. The van der Waals surface area contributed by atoms with Crippen molar-refractivity contribution in [3.63, 3.8) is 0 Å². The van der Waals surface area contributed by atoms with E-state index in [0.29, 0.717) is 32.3 Å². The van der Waals surface area contributed by atoms with E-state index in [4.69, 9.17) is 27.1 Å². The second-order valence-corrected chi connectivity index (χ2v) is 21.6. The average Bonchev–Trinajstić information content (AvgIpc) is 3.31. The van der Waals surface area contributed by atoms with E-state index in [2.05, 4.69) is 220 Å².